The van der Waals surface area contributed by atoms with Crippen molar-refractivity contribution in [3.63, 3.8) is 0 Å². The molecule has 1 saturated heterocycles. The average Bonchev–Trinajstić information content (AvgIpc) is 2.70. The van der Waals surface area contributed by atoms with Crippen molar-refractivity contribution < 1.29 is 14.7 Å². The minimum atomic E-state index is -0.223. The van der Waals surface area contributed by atoms with Crippen molar-refractivity contribution in [1.82, 2.24) is 5.32 Å². The van der Waals surface area contributed by atoms with E-state index in [-0.39, 0.29) is 22.1 Å². The molecule has 1 fully saturated rings. The van der Waals surface area contributed by atoms with Crippen LogP contribution >= 0.6 is 11.8 Å². The molecule has 1 aliphatic rings. The Morgan fingerprint density at radius 3 is 2.47 bits per heavy atom. The number of unbranched alkanes of at least 4 members (excludes halogenated alkanes) is 2. The molecule has 4 nitrogen and oxygen atoms in total. The number of phenols is 1. The molecule has 0 aliphatic carbocycles. The van der Waals surface area contributed by atoms with Gasteiger partial charge in [0.1, 0.15) is 5.75 Å². The third kappa shape index (κ3) is 4.28. The molecule has 2 rings (SSSR count). The van der Waals surface area contributed by atoms with Crippen molar-refractivity contribution in [3.05, 3.63) is 29.8 Å². The van der Waals surface area contributed by atoms with Crippen LogP contribution in [0.15, 0.2) is 24.3 Å². The van der Waals surface area contributed by atoms with Gasteiger partial charge in [0.15, 0.2) is 0 Å². The number of hydrogen-bond donors (Lipinski definition) is 2. The van der Waals surface area contributed by atoms with Crippen molar-refractivity contribution in [3.8, 4) is 5.75 Å². The summed E-state index contributed by atoms with van der Waals surface area (Å²) in [5.41, 5.74) is 1.21. The lowest BCUT2D eigenvalue weighted by Gasteiger charge is -2.05. The van der Waals surface area contributed by atoms with Gasteiger partial charge in [0, 0.05) is 0 Å². The summed E-state index contributed by atoms with van der Waals surface area (Å²) in [7, 11) is 0. The van der Waals surface area contributed by atoms with Crippen LogP contribution in [-0.2, 0) is 11.2 Å². The molecule has 1 aromatic rings. The standard InChI is InChI=1S/C14H17NO3S/c16-11-8-6-10(7-9-11)4-2-1-3-5-12-13(17)15-14(18)19-12/h6-9,12,16H,1-5H2,(H,15,17,18). The first-order valence-corrected chi connectivity index (χ1v) is 7.32. The third-order valence-corrected chi connectivity index (χ3v) is 4.19. The minimum absolute atomic E-state index is 0.145. The number of carbonyl (C=O) groups excluding carboxylic acids is 2. The molecule has 5 heteroatoms. The van der Waals surface area contributed by atoms with Crippen molar-refractivity contribution >= 4 is 22.9 Å². The van der Waals surface area contributed by atoms with Gasteiger partial charge in [0.25, 0.3) is 5.24 Å². The summed E-state index contributed by atoms with van der Waals surface area (Å²) in [6.07, 6.45) is 4.79. The summed E-state index contributed by atoms with van der Waals surface area (Å²) in [6, 6.07) is 7.24. The maximum absolute atomic E-state index is 11.3. The van der Waals surface area contributed by atoms with E-state index >= 15 is 0 Å². The van der Waals surface area contributed by atoms with Gasteiger partial charge in [-0.3, -0.25) is 14.9 Å². The van der Waals surface area contributed by atoms with Crippen LogP contribution in [0.25, 0.3) is 0 Å². The Hall–Kier alpha value is -1.49. The Labute approximate surface area is 116 Å². The molecule has 1 unspecified atom stereocenters. The number of amides is 2. The fourth-order valence-electron chi connectivity index (χ4n) is 2.08. The molecule has 0 saturated carbocycles. The number of phenolic OH excluding ortho intramolecular Hbond substituents is 1. The summed E-state index contributed by atoms with van der Waals surface area (Å²) in [5.74, 6) is 0.145. The van der Waals surface area contributed by atoms with E-state index in [9.17, 15) is 9.59 Å². The normalized spacial score (nSPS) is 18.6. The molecule has 2 amide bonds. The monoisotopic (exact) mass is 279 g/mol. The van der Waals surface area contributed by atoms with Crippen LogP contribution in [-0.4, -0.2) is 21.5 Å². The summed E-state index contributed by atoms with van der Waals surface area (Å²) in [5, 5.41) is 11.1. The molecule has 1 heterocycles. The Bertz CT molecular complexity index is 458. The number of nitrogens with one attached hydrogen (secondary N) is 1. The lowest BCUT2D eigenvalue weighted by Crippen LogP contribution is -2.24. The maximum atomic E-state index is 11.3. The van der Waals surface area contributed by atoms with E-state index in [1.54, 1.807) is 12.1 Å². The summed E-state index contributed by atoms with van der Waals surface area (Å²) < 4.78 is 0. The van der Waals surface area contributed by atoms with Gasteiger partial charge in [-0.05, 0) is 37.0 Å². The first-order valence-electron chi connectivity index (χ1n) is 6.44. The number of rotatable bonds is 6. The minimum Gasteiger partial charge on any atom is -0.508 e. The average molecular weight is 279 g/mol. The largest absolute Gasteiger partial charge is 0.508 e. The number of benzene rings is 1. The van der Waals surface area contributed by atoms with Crippen molar-refractivity contribution in [1.29, 1.82) is 0 Å². The Balaban J connectivity index is 1.61. The zero-order chi connectivity index (χ0) is 13.7. The fraction of sp³-hybridized carbons (Fsp3) is 0.429. The zero-order valence-corrected chi connectivity index (χ0v) is 11.4. The number of imide groups is 1. The molecular weight excluding hydrogens is 262 g/mol. The van der Waals surface area contributed by atoms with Crippen molar-refractivity contribution in [2.24, 2.45) is 0 Å². The lowest BCUT2D eigenvalue weighted by atomic mass is 10.1. The highest BCUT2D eigenvalue weighted by atomic mass is 32.2. The highest BCUT2D eigenvalue weighted by molar-refractivity contribution is 8.15. The molecule has 0 spiro atoms. The molecular formula is C14H17NO3S. The van der Waals surface area contributed by atoms with E-state index in [0.29, 0.717) is 0 Å². The van der Waals surface area contributed by atoms with Gasteiger partial charge >= 0.3 is 0 Å². The summed E-state index contributed by atoms with van der Waals surface area (Å²) in [6.45, 7) is 0. The SMILES string of the molecule is O=C1NC(=O)C(CCCCCc2ccc(O)cc2)S1. The van der Waals surface area contributed by atoms with Gasteiger partial charge in [0.05, 0.1) is 5.25 Å². The Morgan fingerprint density at radius 2 is 1.84 bits per heavy atom. The second-order valence-corrected chi connectivity index (χ2v) is 5.82. The topological polar surface area (TPSA) is 66.4 Å². The number of thioether (sulfide) groups is 1. The van der Waals surface area contributed by atoms with E-state index in [1.807, 2.05) is 12.1 Å². The van der Waals surface area contributed by atoms with Crippen LogP contribution in [0.2, 0.25) is 0 Å². The van der Waals surface area contributed by atoms with Gasteiger partial charge in [0.2, 0.25) is 5.91 Å². The molecule has 0 bridgehead atoms. The molecule has 0 aromatic heterocycles. The van der Waals surface area contributed by atoms with Gasteiger partial charge in [-0.15, -0.1) is 0 Å². The molecule has 102 valence electrons. The number of aryl methyl sites for hydroxylation is 1. The fourth-order valence-corrected chi connectivity index (χ4v) is 2.95. The van der Waals surface area contributed by atoms with E-state index in [2.05, 4.69) is 5.32 Å². The Morgan fingerprint density at radius 1 is 1.11 bits per heavy atom. The summed E-state index contributed by atoms with van der Waals surface area (Å²) >= 11 is 1.10. The van der Waals surface area contributed by atoms with Crippen LogP contribution in [0.1, 0.15) is 31.2 Å². The van der Waals surface area contributed by atoms with Crippen molar-refractivity contribution in [2.45, 2.75) is 37.4 Å². The zero-order valence-electron chi connectivity index (χ0n) is 10.6. The van der Waals surface area contributed by atoms with Crippen LogP contribution in [0.5, 0.6) is 5.75 Å². The number of carbonyl (C=O) groups is 2. The predicted molar refractivity (Wildman–Crippen MR) is 75.2 cm³/mol. The maximum Gasteiger partial charge on any atom is 0.286 e. The quantitative estimate of drug-likeness (QED) is 0.786. The van der Waals surface area contributed by atoms with E-state index < -0.39 is 0 Å². The molecule has 19 heavy (non-hydrogen) atoms. The van der Waals surface area contributed by atoms with Gasteiger partial charge in [-0.2, -0.15) is 0 Å². The van der Waals surface area contributed by atoms with Crippen molar-refractivity contribution in [2.75, 3.05) is 0 Å². The number of hydrogen-bond acceptors (Lipinski definition) is 4. The molecule has 0 radical (unpaired) electrons. The molecule has 2 N–H and O–H groups in total. The van der Waals surface area contributed by atoms with Crippen LogP contribution < -0.4 is 5.32 Å². The van der Waals surface area contributed by atoms with E-state index in [0.717, 1.165) is 43.9 Å². The van der Waals surface area contributed by atoms with Gasteiger partial charge < -0.3 is 5.11 Å². The molecule has 1 atom stereocenters. The molecule has 1 aromatic carbocycles. The lowest BCUT2D eigenvalue weighted by molar-refractivity contribution is -0.119. The predicted octanol–water partition coefficient (Wildman–Crippen LogP) is 2.85. The first kappa shape index (κ1) is 13.9. The highest BCUT2D eigenvalue weighted by Crippen LogP contribution is 2.24. The first-order chi connectivity index (χ1) is 9.15. The van der Waals surface area contributed by atoms with Gasteiger partial charge in [-0.1, -0.05) is 36.7 Å². The van der Waals surface area contributed by atoms with Crippen LogP contribution in [0, 0.1) is 0 Å². The third-order valence-electron chi connectivity index (χ3n) is 3.14. The second-order valence-electron chi connectivity index (χ2n) is 4.65. The van der Waals surface area contributed by atoms with Crippen LogP contribution in [0.3, 0.4) is 0 Å². The number of aromatic hydroxyl groups is 1. The van der Waals surface area contributed by atoms with E-state index in [4.69, 9.17) is 5.11 Å². The van der Waals surface area contributed by atoms with Crippen LogP contribution in [0.4, 0.5) is 4.79 Å². The second kappa shape index (κ2) is 6.61. The smallest absolute Gasteiger partial charge is 0.286 e. The van der Waals surface area contributed by atoms with E-state index in [1.165, 1.54) is 5.56 Å². The summed E-state index contributed by atoms with van der Waals surface area (Å²) in [4.78, 5) is 22.3. The highest BCUT2D eigenvalue weighted by Gasteiger charge is 2.30. The molecule has 1 aliphatic heterocycles. The van der Waals surface area contributed by atoms with Gasteiger partial charge in [-0.25, -0.2) is 0 Å². The Kier molecular flexibility index (Phi) is 4.85.